The highest BCUT2D eigenvalue weighted by atomic mass is 32.2. The molecule has 0 atom stereocenters. The molecule has 1 saturated heterocycles. The van der Waals surface area contributed by atoms with Gasteiger partial charge < -0.3 is 14.4 Å². The molecule has 1 aliphatic rings. The van der Waals surface area contributed by atoms with E-state index in [4.69, 9.17) is 9.47 Å². The topological polar surface area (TPSA) is 102 Å². The van der Waals surface area contributed by atoms with Gasteiger partial charge in [-0.2, -0.15) is 0 Å². The van der Waals surface area contributed by atoms with Gasteiger partial charge in [0, 0.05) is 19.6 Å². The number of morpholine rings is 1. The van der Waals surface area contributed by atoms with E-state index in [2.05, 4.69) is 4.72 Å². The van der Waals surface area contributed by atoms with Crippen LogP contribution in [-0.2, 0) is 29.1 Å². The van der Waals surface area contributed by atoms with Gasteiger partial charge in [-0.3, -0.25) is 9.59 Å². The SMILES string of the molecule is O=C(CCNS(=O)(=O)c1ccccc1)OCC(=O)N1CCOCC1. The lowest BCUT2D eigenvalue weighted by atomic mass is 10.4. The standard InChI is InChI=1S/C15H20N2O6S/c18-14(17-8-10-22-11-9-17)12-23-15(19)6-7-16-24(20,21)13-4-2-1-3-5-13/h1-5,16H,6-12H2. The Morgan fingerprint density at radius 3 is 2.50 bits per heavy atom. The molecule has 1 aromatic rings. The first-order chi connectivity index (χ1) is 11.5. The van der Waals surface area contributed by atoms with Crippen molar-refractivity contribution in [3.63, 3.8) is 0 Å². The van der Waals surface area contributed by atoms with Crippen LogP contribution in [0.3, 0.4) is 0 Å². The largest absolute Gasteiger partial charge is 0.456 e. The molecule has 0 unspecified atom stereocenters. The molecule has 1 N–H and O–H groups in total. The minimum absolute atomic E-state index is 0.0954. The molecular weight excluding hydrogens is 336 g/mol. The Kier molecular flexibility index (Phi) is 6.71. The van der Waals surface area contributed by atoms with Crippen molar-refractivity contribution in [2.45, 2.75) is 11.3 Å². The highest BCUT2D eigenvalue weighted by Crippen LogP contribution is 2.06. The van der Waals surface area contributed by atoms with Crippen molar-refractivity contribution in [3.05, 3.63) is 30.3 Å². The second kappa shape index (κ2) is 8.76. The third kappa shape index (κ3) is 5.59. The van der Waals surface area contributed by atoms with Gasteiger partial charge in [-0.15, -0.1) is 0 Å². The first kappa shape index (κ1) is 18.4. The van der Waals surface area contributed by atoms with E-state index in [0.29, 0.717) is 26.3 Å². The highest BCUT2D eigenvalue weighted by Gasteiger charge is 2.18. The zero-order valence-electron chi connectivity index (χ0n) is 13.1. The molecule has 2 rings (SSSR count). The van der Waals surface area contributed by atoms with E-state index >= 15 is 0 Å². The summed E-state index contributed by atoms with van der Waals surface area (Å²) in [6.07, 6.45) is -0.150. The van der Waals surface area contributed by atoms with Crippen LogP contribution in [0.5, 0.6) is 0 Å². The van der Waals surface area contributed by atoms with Gasteiger partial charge in [-0.05, 0) is 12.1 Å². The minimum Gasteiger partial charge on any atom is -0.456 e. The van der Waals surface area contributed by atoms with Gasteiger partial charge >= 0.3 is 5.97 Å². The van der Waals surface area contributed by atoms with Crippen molar-refractivity contribution in [2.24, 2.45) is 0 Å². The fraction of sp³-hybridized carbons (Fsp3) is 0.467. The van der Waals surface area contributed by atoms with Gasteiger partial charge in [0.05, 0.1) is 24.5 Å². The van der Waals surface area contributed by atoms with Crippen LogP contribution in [0.15, 0.2) is 35.2 Å². The number of benzene rings is 1. The number of carbonyl (C=O) groups is 2. The average molecular weight is 356 g/mol. The lowest BCUT2D eigenvalue weighted by Crippen LogP contribution is -2.42. The summed E-state index contributed by atoms with van der Waals surface area (Å²) < 4.78 is 36.2. The Morgan fingerprint density at radius 1 is 1.17 bits per heavy atom. The maximum Gasteiger partial charge on any atom is 0.307 e. The van der Waals surface area contributed by atoms with Crippen molar-refractivity contribution < 1.29 is 27.5 Å². The maximum absolute atomic E-state index is 12.0. The van der Waals surface area contributed by atoms with E-state index in [1.54, 1.807) is 23.1 Å². The molecule has 1 aliphatic heterocycles. The molecule has 1 fully saturated rings. The van der Waals surface area contributed by atoms with Gasteiger partial charge in [0.1, 0.15) is 0 Å². The summed E-state index contributed by atoms with van der Waals surface area (Å²) in [5.41, 5.74) is 0. The van der Waals surface area contributed by atoms with E-state index in [0.717, 1.165) is 0 Å². The summed E-state index contributed by atoms with van der Waals surface area (Å²) in [6.45, 7) is 1.47. The third-order valence-corrected chi connectivity index (χ3v) is 4.87. The van der Waals surface area contributed by atoms with Crippen molar-refractivity contribution in [2.75, 3.05) is 39.5 Å². The van der Waals surface area contributed by atoms with Gasteiger partial charge in [-0.1, -0.05) is 18.2 Å². The van der Waals surface area contributed by atoms with Gasteiger partial charge in [0.2, 0.25) is 10.0 Å². The Hall–Kier alpha value is -1.97. The zero-order chi connectivity index (χ0) is 17.4. The quantitative estimate of drug-likeness (QED) is 0.677. The summed E-state index contributed by atoms with van der Waals surface area (Å²) in [6, 6.07) is 7.85. The van der Waals surface area contributed by atoms with Crippen LogP contribution in [0.25, 0.3) is 0 Å². The number of nitrogens with zero attached hydrogens (tertiary/aromatic N) is 1. The summed E-state index contributed by atoms with van der Waals surface area (Å²) in [4.78, 5) is 25.1. The molecular formula is C15H20N2O6S. The lowest BCUT2D eigenvalue weighted by molar-refractivity contribution is -0.153. The van der Waals surface area contributed by atoms with Crippen LogP contribution >= 0.6 is 0 Å². The van der Waals surface area contributed by atoms with Gasteiger partial charge in [0.25, 0.3) is 5.91 Å². The van der Waals surface area contributed by atoms with Crippen LogP contribution in [0.1, 0.15) is 6.42 Å². The normalized spacial score (nSPS) is 15.1. The summed E-state index contributed by atoms with van der Waals surface area (Å²) in [5.74, 6) is -0.913. The second-order valence-corrected chi connectivity index (χ2v) is 6.88. The Bertz CT molecular complexity index is 656. The number of rotatable bonds is 7. The number of esters is 1. The van der Waals surface area contributed by atoms with Crippen LogP contribution in [0, 0.1) is 0 Å². The Balaban J connectivity index is 1.69. The summed E-state index contributed by atoms with van der Waals surface area (Å²) in [7, 11) is -3.65. The number of nitrogens with one attached hydrogen (secondary N) is 1. The van der Waals surface area contributed by atoms with Crippen LogP contribution < -0.4 is 4.72 Å². The number of hydrogen-bond acceptors (Lipinski definition) is 6. The molecule has 0 bridgehead atoms. The predicted octanol–water partition coefficient (Wildman–Crippen LogP) is -0.243. The molecule has 8 nitrogen and oxygen atoms in total. The molecule has 1 aromatic carbocycles. The van der Waals surface area contributed by atoms with Crippen molar-refractivity contribution in [1.29, 1.82) is 0 Å². The summed E-state index contributed by atoms with van der Waals surface area (Å²) in [5, 5.41) is 0. The van der Waals surface area contributed by atoms with Crippen molar-refractivity contribution >= 4 is 21.9 Å². The van der Waals surface area contributed by atoms with E-state index in [1.165, 1.54) is 12.1 Å². The average Bonchev–Trinajstić information content (AvgIpc) is 2.61. The van der Waals surface area contributed by atoms with Crippen LogP contribution in [0.2, 0.25) is 0 Å². The molecule has 1 amide bonds. The number of carbonyl (C=O) groups excluding carboxylic acids is 2. The Labute approximate surface area is 140 Å². The van der Waals surface area contributed by atoms with Crippen LogP contribution in [-0.4, -0.2) is 64.6 Å². The predicted molar refractivity (Wildman–Crippen MR) is 84.6 cm³/mol. The molecule has 0 radical (unpaired) electrons. The minimum atomic E-state index is -3.65. The number of amides is 1. The molecule has 1 heterocycles. The van der Waals surface area contributed by atoms with E-state index in [9.17, 15) is 18.0 Å². The Morgan fingerprint density at radius 2 is 1.83 bits per heavy atom. The van der Waals surface area contributed by atoms with Gasteiger partial charge in [0.15, 0.2) is 6.61 Å². The molecule has 0 spiro atoms. The maximum atomic E-state index is 12.0. The lowest BCUT2D eigenvalue weighted by Gasteiger charge is -2.26. The zero-order valence-corrected chi connectivity index (χ0v) is 14.0. The third-order valence-electron chi connectivity index (χ3n) is 3.40. The van der Waals surface area contributed by atoms with E-state index in [1.807, 2.05) is 0 Å². The number of ether oxygens (including phenoxy) is 2. The van der Waals surface area contributed by atoms with Crippen molar-refractivity contribution in [1.82, 2.24) is 9.62 Å². The molecule has 24 heavy (non-hydrogen) atoms. The fourth-order valence-corrected chi connectivity index (χ4v) is 3.14. The molecule has 9 heteroatoms. The fourth-order valence-electron chi connectivity index (χ4n) is 2.09. The second-order valence-electron chi connectivity index (χ2n) is 5.11. The number of hydrogen-bond donors (Lipinski definition) is 1. The molecule has 132 valence electrons. The molecule has 0 aromatic heterocycles. The first-order valence-corrected chi connectivity index (χ1v) is 9.03. The smallest absolute Gasteiger partial charge is 0.307 e. The van der Waals surface area contributed by atoms with E-state index in [-0.39, 0.29) is 30.4 Å². The van der Waals surface area contributed by atoms with Gasteiger partial charge in [-0.25, -0.2) is 13.1 Å². The highest BCUT2D eigenvalue weighted by molar-refractivity contribution is 7.89. The number of sulfonamides is 1. The summed E-state index contributed by atoms with van der Waals surface area (Å²) >= 11 is 0. The van der Waals surface area contributed by atoms with Crippen LogP contribution in [0.4, 0.5) is 0 Å². The molecule has 0 saturated carbocycles. The first-order valence-electron chi connectivity index (χ1n) is 7.55. The monoisotopic (exact) mass is 356 g/mol. The van der Waals surface area contributed by atoms with E-state index < -0.39 is 16.0 Å². The van der Waals surface area contributed by atoms with Crippen molar-refractivity contribution in [3.8, 4) is 0 Å². The molecule has 0 aliphatic carbocycles.